The van der Waals surface area contributed by atoms with Crippen molar-refractivity contribution in [3.8, 4) is 0 Å². The molecule has 0 bridgehead atoms. The quantitative estimate of drug-likeness (QED) is 0.363. The van der Waals surface area contributed by atoms with Gasteiger partial charge in [0.2, 0.25) is 11.8 Å². The lowest BCUT2D eigenvalue weighted by molar-refractivity contribution is -0.138. The number of rotatable bonds is 7. The first-order valence-electron chi connectivity index (χ1n) is 9.47. The summed E-state index contributed by atoms with van der Waals surface area (Å²) >= 11 is 0. The number of benzene rings is 1. The number of hydrogen-bond donors (Lipinski definition) is 3. The minimum absolute atomic E-state index is 0.255. The Bertz CT molecular complexity index is 745. The largest absolute Gasteiger partial charge is 0.348 e. The average molecular weight is 388 g/mol. The van der Waals surface area contributed by atoms with Crippen LogP contribution in [0, 0.1) is 0 Å². The summed E-state index contributed by atoms with van der Waals surface area (Å²) < 4.78 is 0. The van der Waals surface area contributed by atoms with E-state index in [1.807, 2.05) is 25.9 Å². The minimum Gasteiger partial charge on any atom is -0.348 e. The zero-order valence-corrected chi connectivity index (χ0v) is 16.6. The SMILES string of the molecule is CCC1(c2ccc(NC(=O)C(=O)NCCCN(C)C)cc2)CCC(=O)NC1=O. The number of piperidine rings is 1. The first kappa shape index (κ1) is 21.6. The molecule has 1 unspecified atom stereocenters. The van der Waals surface area contributed by atoms with Gasteiger partial charge in [0.1, 0.15) is 0 Å². The first-order chi connectivity index (χ1) is 13.3. The predicted molar refractivity (Wildman–Crippen MR) is 106 cm³/mol. The van der Waals surface area contributed by atoms with Crippen LogP contribution in [0.4, 0.5) is 5.69 Å². The third-order valence-electron chi connectivity index (χ3n) is 5.04. The summed E-state index contributed by atoms with van der Waals surface area (Å²) in [5.74, 6) is -1.96. The molecule has 0 aliphatic carbocycles. The van der Waals surface area contributed by atoms with E-state index >= 15 is 0 Å². The van der Waals surface area contributed by atoms with Gasteiger partial charge in [-0.15, -0.1) is 0 Å². The molecule has 1 heterocycles. The Morgan fingerprint density at radius 1 is 1.14 bits per heavy atom. The van der Waals surface area contributed by atoms with Crippen molar-refractivity contribution >= 4 is 29.3 Å². The van der Waals surface area contributed by atoms with E-state index in [-0.39, 0.29) is 11.8 Å². The summed E-state index contributed by atoms with van der Waals surface area (Å²) in [5.41, 5.74) is 0.502. The van der Waals surface area contributed by atoms with E-state index in [2.05, 4.69) is 16.0 Å². The van der Waals surface area contributed by atoms with Gasteiger partial charge < -0.3 is 15.5 Å². The molecule has 1 aromatic rings. The Morgan fingerprint density at radius 2 is 1.82 bits per heavy atom. The molecule has 1 saturated heterocycles. The molecule has 0 aromatic heterocycles. The highest BCUT2D eigenvalue weighted by atomic mass is 16.2. The van der Waals surface area contributed by atoms with Crippen molar-refractivity contribution in [2.45, 2.75) is 38.0 Å². The number of hydrogen-bond acceptors (Lipinski definition) is 5. The summed E-state index contributed by atoms with van der Waals surface area (Å²) in [4.78, 5) is 49.7. The second kappa shape index (κ2) is 9.45. The summed E-state index contributed by atoms with van der Waals surface area (Å²) in [6.07, 6.45) is 2.07. The molecule has 28 heavy (non-hydrogen) atoms. The molecule has 4 amide bonds. The second-order valence-corrected chi connectivity index (χ2v) is 7.26. The van der Waals surface area contributed by atoms with Gasteiger partial charge in [0.25, 0.3) is 0 Å². The van der Waals surface area contributed by atoms with Crippen molar-refractivity contribution < 1.29 is 19.2 Å². The molecule has 1 aliphatic rings. The van der Waals surface area contributed by atoms with Crippen LogP contribution in [0.1, 0.15) is 38.2 Å². The number of carbonyl (C=O) groups excluding carboxylic acids is 4. The molecule has 1 aliphatic heterocycles. The maximum absolute atomic E-state index is 12.4. The highest BCUT2D eigenvalue weighted by Crippen LogP contribution is 2.36. The van der Waals surface area contributed by atoms with Crippen molar-refractivity contribution in [2.24, 2.45) is 0 Å². The fraction of sp³-hybridized carbons (Fsp3) is 0.500. The van der Waals surface area contributed by atoms with Crippen molar-refractivity contribution in [1.29, 1.82) is 0 Å². The monoisotopic (exact) mass is 388 g/mol. The van der Waals surface area contributed by atoms with E-state index in [0.29, 0.717) is 31.5 Å². The van der Waals surface area contributed by atoms with Gasteiger partial charge in [-0.2, -0.15) is 0 Å². The Labute approximate surface area is 165 Å². The normalized spacial score (nSPS) is 19.3. The van der Waals surface area contributed by atoms with Crippen LogP contribution in [0.5, 0.6) is 0 Å². The number of imide groups is 1. The van der Waals surface area contributed by atoms with E-state index in [1.165, 1.54) is 0 Å². The summed E-state index contributed by atoms with van der Waals surface area (Å²) in [5, 5.41) is 7.55. The van der Waals surface area contributed by atoms with Gasteiger partial charge in [-0.25, -0.2) is 0 Å². The topological polar surface area (TPSA) is 108 Å². The van der Waals surface area contributed by atoms with Crippen molar-refractivity contribution in [1.82, 2.24) is 15.5 Å². The van der Waals surface area contributed by atoms with Crippen LogP contribution >= 0.6 is 0 Å². The third kappa shape index (κ3) is 5.16. The molecule has 152 valence electrons. The van der Waals surface area contributed by atoms with E-state index in [9.17, 15) is 19.2 Å². The van der Waals surface area contributed by atoms with Gasteiger partial charge in [0.15, 0.2) is 0 Å². The van der Waals surface area contributed by atoms with Crippen LogP contribution in [-0.2, 0) is 24.6 Å². The number of nitrogens with one attached hydrogen (secondary N) is 3. The van der Waals surface area contributed by atoms with Crippen LogP contribution in [0.15, 0.2) is 24.3 Å². The van der Waals surface area contributed by atoms with Crippen LogP contribution in [0.2, 0.25) is 0 Å². The molecule has 1 atom stereocenters. The van der Waals surface area contributed by atoms with Gasteiger partial charge in [-0.05, 0) is 57.6 Å². The fourth-order valence-corrected chi connectivity index (χ4v) is 3.30. The molecule has 1 fully saturated rings. The molecule has 1 aromatic carbocycles. The average Bonchev–Trinajstić information content (AvgIpc) is 2.66. The summed E-state index contributed by atoms with van der Waals surface area (Å²) in [7, 11) is 3.88. The van der Waals surface area contributed by atoms with Gasteiger partial charge in [-0.1, -0.05) is 19.1 Å². The molecule has 0 saturated carbocycles. The van der Waals surface area contributed by atoms with E-state index < -0.39 is 17.2 Å². The Balaban J connectivity index is 1.96. The molecule has 0 spiro atoms. The lowest BCUT2D eigenvalue weighted by Gasteiger charge is -2.35. The number of nitrogens with zero attached hydrogens (tertiary/aromatic N) is 1. The lowest BCUT2D eigenvalue weighted by Crippen LogP contribution is -2.51. The van der Waals surface area contributed by atoms with Crippen LogP contribution < -0.4 is 16.0 Å². The molecule has 8 nitrogen and oxygen atoms in total. The second-order valence-electron chi connectivity index (χ2n) is 7.26. The lowest BCUT2D eigenvalue weighted by atomic mass is 9.72. The Hall–Kier alpha value is -2.74. The fourth-order valence-electron chi connectivity index (χ4n) is 3.30. The molecule has 0 radical (unpaired) electrons. The van der Waals surface area contributed by atoms with Crippen LogP contribution in [0.25, 0.3) is 0 Å². The van der Waals surface area contributed by atoms with E-state index in [0.717, 1.165) is 18.5 Å². The number of anilines is 1. The zero-order valence-electron chi connectivity index (χ0n) is 16.6. The van der Waals surface area contributed by atoms with Crippen molar-refractivity contribution in [3.63, 3.8) is 0 Å². The highest BCUT2D eigenvalue weighted by molar-refractivity contribution is 6.39. The van der Waals surface area contributed by atoms with Gasteiger partial charge in [0.05, 0.1) is 5.41 Å². The molecule has 8 heteroatoms. The number of amides is 4. The number of carbonyl (C=O) groups is 4. The van der Waals surface area contributed by atoms with Crippen molar-refractivity contribution in [2.75, 3.05) is 32.5 Å². The smallest absolute Gasteiger partial charge is 0.313 e. The van der Waals surface area contributed by atoms with Gasteiger partial charge in [-0.3, -0.25) is 24.5 Å². The Kier molecular flexibility index (Phi) is 7.28. The zero-order chi connectivity index (χ0) is 20.7. The molecule has 3 N–H and O–H groups in total. The van der Waals surface area contributed by atoms with E-state index in [4.69, 9.17) is 0 Å². The third-order valence-corrected chi connectivity index (χ3v) is 5.04. The summed E-state index contributed by atoms with van der Waals surface area (Å²) in [6, 6.07) is 6.83. The Morgan fingerprint density at radius 3 is 2.39 bits per heavy atom. The van der Waals surface area contributed by atoms with Crippen LogP contribution in [0.3, 0.4) is 0 Å². The summed E-state index contributed by atoms with van der Waals surface area (Å²) in [6.45, 7) is 3.16. The molecule has 2 rings (SSSR count). The van der Waals surface area contributed by atoms with Crippen LogP contribution in [-0.4, -0.2) is 55.7 Å². The van der Waals surface area contributed by atoms with E-state index in [1.54, 1.807) is 24.3 Å². The van der Waals surface area contributed by atoms with Crippen molar-refractivity contribution in [3.05, 3.63) is 29.8 Å². The molecular formula is C20H28N4O4. The first-order valence-corrected chi connectivity index (χ1v) is 9.47. The predicted octanol–water partition coefficient (Wildman–Crippen LogP) is 0.777. The van der Waals surface area contributed by atoms with Gasteiger partial charge >= 0.3 is 11.8 Å². The maximum atomic E-state index is 12.4. The minimum atomic E-state index is -0.750. The van der Waals surface area contributed by atoms with Gasteiger partial charge in [0, 0.05) is 18.7 Å². The standard InChI is InChI=1S/C20H28N4O4/c1-4-20(11-10-16(25)23-19(20)28)14-6-8-15(9-7-14)22-18(27)17(26)21-12-5-13-24(2)3/h6-9H,4-5,10-13H2,1-3H3,(H,21,26)(H,22,27)(H,23,25,28). The highest BCUT2D eigenvalue weighted by Gasteiger charge is 2.42. The molecular weight excluding hydrogens is 360 g/mol. The maximum Gasteiger partial charge on any atom is 0.313 e.